The van der Waals surface area contributed by atoms with Gasteiger partial charge in [0.25, 0.3) is 0 Å². The molecule has 126 valence electrons. The van der Waals surface area contributed by atoms with Crippen LogP contribution in [-0.4, -0.2) is 23.0 Å². The molecule has 1 aromatic carbocycles. The second-order valence-electron chi connectivity index (χ2n) is 6.02. The summed E-state index contributed by atoms with van der Waals surface area (Å²) in [7, 11) is 0. The fraction of sp³-hybridized carbons (Fsp3) is 0.579. The standard InChI is InChI=1S/C19H27NO3/c1-13(2)15-8-10-16(11-9-15)18(21)20-17(19(22)23)12-14-6-4-3-5-7-14/h3-7,13,15-17H,8-12H2,1-2H3,(H,20,21)(H,22,23)/i1D3,2D3,17D. The van der Waals surface area contributed by atoms with Gasteiger partial charge in [-0.1, -0.05) is 44.0 Å². The van der Waals surface area contributed by atoms with Gasteiger partial charge in [0.2, 0.25) is 5.91 Å². The number of aliphatic carboxylic acids is 1. The normalized spacial score (nSPS) is 29.5. The Morgan fingerprint density at radius 2 is 1.91 bits per heavy atom. The predicted molar refractivity (Wildman–Crippen MR) is 90.0 cm³/mol. The van der Waals surface area contributed by atoms with Crippen LogP contribution in [0.15, 0.2) is 30.3 Å². The van der Waals surface area contributed by atoms with Crippen molar-refractivity contribution in [3.05, 3.63) is 35.9 Å². The zero-order valence-electron chi connectivity index (χ0n) is 19.9. The summed E-state index contributed by atoms with van der Waals surface area (Å²) in [5.74, 6) is -4.67. The molecule has 1 aliphatic carbocycles. The third kappa shape index (κ3) is 5.08. The third-order valence-corrected chi connectivity index (χ3v) is 4.37. The van der Waals surface area contributed by atoms with Gasteiger partial charge in [0.05, 0.1) is 1.37 Å². The lowest BCUT2D eigenvalue weighted by molar-refractivity contribution is -0.142. The zero-order chi connectivity index (χ0) is 22.7. The number of carboxylic acids is 1. The van der Waals surface area contributed by atoms with Crippen LogP contribution in [0, 0.1) is 17.8 Å². The molecule has 1 saturated carbocycles. The summed E-state index contributed by atoms with van der Waals surface area (Å²) in [5, 5.41) is 11.8. The molecule has 23 heavy (non-hydrogen) atoms. The predicted octanol–water partition coefficient (Wildman–Crippen LogP) is 3.26. The average molecular weight is 324 g/mol. The van der Waals surface area contributed by atoms with Crippen molar-refractivity contribution >= 4 is 11.9 Å². The highest BCUT2D eigenvalue weighted by Gasteiger charge is 2.30. The Kier molecular flexibility index (Phi) is 3.58. The first-order chi connectivity index (χ1) is 13.7. The number of benzene rings is 1. The number of amides is 1. The van der Waals surface area contributed by atoms with Crippen LogP contribution in [-0.2, 0) is 16.0 Å². The zero-order valence-corrected chi connectivity index (χ0v) is 12.9. The highest BCUT2D eigenvalue weighted by atomic mass is 16.4. The molecule has 2 rings (SSSR count). The van der Waals surface area contributed by atoms with Crippen LogP contribution in [0.4, 0.5) is 0 Å². The highest BCUT2D eigenvalue weighted by molar-refractivity contribution is 5.85. The van der Waals surface area contributed by atoms with Crippen molar-refractivity contribution in [3.63, 3.8) is 0 Å². The van der Waals surface area contributed by atoms with Crippen LogP contribution < -0.4 is 5.32 Å². The SMILES string of the molecule is [2H]C(Cc1ccccc1)(NC(=O)C1CCC(C(C([2H])([2H])[2H])C([2H])([2H])[2H])CC1)C(=O)O. The van der Waals surface area contributed by atoms with E-state index >= 15 is 0 Å². The van der Waals surface area contributed by atoms with Gasteiger partial charge in [0.1, 0.15) is 6.02 Å². The summed E-state index contributed by atoms with van der Waals surface area (Å²) in [6.45, 7) is -5.25. The Balaban J connectivity index is 2.04. The molecule has 1 amide bonds. The van der Waals surface area contributed by atoms with Crippen LogP contribution >= 0.6 is 0 Å². The molecule has 1 fully saturated rings. The molecule has 0 saturated heterocycles. The number of carboxylic acid groups (broad SMARTS) is 1. The van der Waals surface area contributed by atoms with Crippen LogP contribution in [0.25, 0.3) is 0 Å². The molecule has 1 atom stereocenters. The molecule has 0 heterocycles. The molecule has 0 aromatic heterocycles. The first-order valence-electron chi connectivity index (χ1n) is 11.3. The van der Waals surface area contributed by atoms with Crippen molar-refractivity contribution in [2.75, 3.05) is 0 Å². The van der Waals surface area contributed by atoms with Gasteiger partial charge >= 0.3 is 5.97 Å². The molecule has 0 radical (unpaired) electrons. The molecular formula is C19H27NO3. The molecule has 0 spiro atoms. The summed E-state index contributed by atoms with van der Waals surface area (Å²) in [4.78, 5) is 24.3. The van der Waals surface area contributed by atoms with Gasteiger partial charge in [0.15, 0.2) is 0 Å². The second kappa shape index (κ2) is 8.14. The maximum Gasteiger partial charge on any atom is 0.326 e. The Morgan fingerprint density at radius 1 is 1.26 bits per heavy atom. The van der Waals surface area contributed by atoms with Crippen molar-refractivity contribution in [1.82, 2.24) is 5.32 Å². The number of hydrogen-bond donors (Lipinski definition) is 2. The van der Waals surface area contributed by atoms with Crippen LogP contribution in [0.1, 0.15) is 54.5 Å². The van der Waals surface area contributed by atoms with Gasteiger partial charge in [-0.05, 0) is 43.1 Å². The first-order valence-corrected chi connectivity index (χ1v) is 7.83. The maximum absolute atomic E-state index is 12.7. The molecule has 4 heteroatoms. The molecular weight excluding hydrogens is 290 g/mol. The second-order valence-corrected chi connectivity index (χ2v) is 6.02. The Hall–Kier alpha value is -1.84. The van der Waals surface area contributed by atoms with E-state index in [1.807, 2.05) is 0 Å². The molecule has 4 nitrogen and oxygen atoms in total. The van der Waals surface area contributed by atoms with Crippen LogP contribution in [0.3, 0.4) is 0 Å². The van der Waals surface area contributed by atoms with Gasteiger partial charge in [-0.3, -0.25) is 4.79 Å². The summed E-state index contributed by atoms with van der Waals surface area (Å²) in [5.41, 5.74) is 0.595. The number of hydrogen-bond acceptors (Lipinski definition) is 2. The van der Waals surface area contributed by atoms with Crippen LogP contribution in [0.2, 0.25) is 0 Å². The number of rotatable bonds is 6. The molecule has 1 aromatic rings. The minimum absolute atomic E-state index is 0.204. The molecule has 2 N–H and O–H groups in total. The third-order valence-electron chi connectivity index (χ3n) is 4.37. The van der Waals surface area contributed by atoms with Crippen molar-refractivity contribution in [2.45, 2.75) is 51.8 Å². The van der Waals surface area contributed by atoms with E-state index in [4.69, 9.17) is 9.60 Å². The smallest absolute Gasteiger partial charge is 0.326 e. The van der Waals surface area contributed by atoms with Crippen molar-refractivity contribution in [3.8, 4) is 0 Å². The van der Waals surface area contributed by atoms with Crippen molar-refractivity contribution in [1.29, 1.82) is 0 Å². The van der Waals surface area contributed by atoms with Gasteiger partial charge in [-0.15, -0.1) is 0 Å². The first kappa shape index (κ1) is 10.1. The van der Waals surface area contributed by atoms with Gasteiger partial charge in [0, 0.05) is 20.6 Å². The van der Waals surface area contributed by atoms with E-state index in [1.165, 1.54) is 0 Å². The fourth-order valence-corrected chi connectivity index (χ4v) is 2.94. The number of carbonyl (C=O) groups excluding carboxylic acids is 1. The lowest BCUT2D eigenvalue weighted by Crippen LogP contribution is -2.45. The van der Waals surface area contributed by atoms with Gasteiger partial charge in [-0.25, -0.2) is 4.79 Å². The minimum Gasteiger partial charge on any atom is -0.480 e. The molecule has 1 unspecified atom stereocenters. The monoisotopic (exact) mass is 324 g/mol. The summed E-state index contributed by atoms with van der Waals surface area (Å²) in [6, 6.07) is 6.31. The van der Waals surface area contributed by atoms with E-state index < -0.39 is 49.4 Å². The summed E-state index contributed by atoms with van der Waals surface area (Å²) < 4.78 is 53.8. The lowest BCUT2D eigenvalue weighted by atomic mass is 9.76. The van der Waals surface area contributed by atoms with E-state index in [1.54, 1.807) is 30.3 Å². The molecule has 1 aliphatic rings. The van der Waals surface area contributed by atoms with Crippen LogP contribution in [0.5, 0.6) is 0 Å². The Bertz CT molecular complexity index is 729. The summed E-state index contributed by atoms with van der Waals surface area (Å²) >= 11 is 0. The Morgan fingerprint density at radius 3 is 2.48 bits per heavy atom. The largest absolute Gasteiger partial charge is 0.480 e. The van der Waals surface area contributed by atoms with Gasteiger partial charge < -0.3 is 10.4 Å². The average Bonchev–Trinajstić information content (AvgIpc) is 2.60. The van der Waals surface area contributed by atoms with E-state index in [0.717, 1.165) is 0 Å². The minimum atomic E-state index is -2.62. The molecule has 0 bridgehead atoms. The van der Waals surface area contributed by atoms with E-state index in [9.17, 15) is 14.7 Å². The highest BCUT2D eigenvalue weighted by Crippen LogP contribution is 2.33. The van der Waals surface area contributed by atoms with E-state index in [-0.39, 0.29) is 32.1 Å². The van der Waals surface area contributed by atoms with Crippen molar-refractivity contribution in [2.24, 2.45) is 17.8 Å². The quantitative estimate of drug-likeness (QED) is 0.844. The van der Waals surface area contributed by atoms with Gasteiger partial charge in [-0.2, -0.15) is 0 Å². The topological polar surface area (TPSA) is 66.4 Å². The van der Waals surface area contributed by atoms with E-state index in [2.05, 4.69) is 5.32 Å². The van der Waals surface area contributed by atoms with Crippen molar-refractivity contribution < 1.29 is 24.3 Å². The maximum atomic E-state index is 12.7. The van der Waals surface area contributed by atoms with E-state index in [0.29, 0.717) is 5.56 Å². The molecule has 0 aliphatic heterocycles. The summed E-state index contributed by atoms with van der Waals surface area (Å²) in [6.07, 6.45) is 0.789. The fourth-order valence-electron chi connectivity index (χ4n) is 2.94. The number of carbonyl (C=O) groups is 2. The Labute approximate surface area is 148 Å². The number of nitrogens with one attached hydrogen (secondary N) is 1. The lowest BCUT2D eigenvalue weighted by Gasteiger charge is -2.30.